The number of amides is 1. The summed E-state index contributed by atoms with van der Waals surface area (Å²) in [5.41, 5.74) is 8.77. The highest BCUT2D eigenvalue weighted by Gasteiger charge is 2.19. The minimum absolute atomic E-state index is 0.219. The van der Waals surface area contributed by atoms with Crippen LogP contribution >= 0.6 is 0 Å². The fourth-order valence-electron chi connectivity index (χ4n) is 2.62. The molecule has 0 heterocycles. The molecular formula is C21H28N2O3S. The van der Waals surface area contributed by atoms with Crippen LogP contribution in [-0.4, -0.2) is 26.1 Å². The van der Waals surface area contributed by atoms with E-state index in [-0.39, 0.29) is 16.8 Å². The summed E-state index contributed by atoms with van der Waals surface area (Å²) in [4.78, 5) is 12.5. The normalized spacial score (nSPS) is 13.0. The Hall–Kier alpha value is -2.18. The average Bonchev–Trinajstić information content (AvgIpc) is 2.65. The number of sulfone groups is 1. The number of benzene rings is 2. The molecule has 0 aliphatic rings. The van der Waals surface area contributed by atoms with Crippen LogP contribution in [0, 0.1) is 0 Å². The van der Waals surface area contributed by atoms with E-state index in [1.54, 1.807) is 13.8 Å². The first kappa shape index (κ1) is 21.1. The lowest BCUT2D eigenvalue weighted by Gasteiger charge is -2.15. The summed E-state index contributed by atoms with van der Waals surface area (Å²) >= 11 is 0. The highest BCUT2D eigenvalue weighted by Crippen LogP contribution is 2.18. The highest BCUT2D eigenvalue weighted by molar-refractivity contribution is 7.92. The molecule has 0 aliphatic carbocycles. The second-order valence-electron chi connectivity index (χ2n) is 7.26. The summed E-state index contributed by atoms with van der Waals surface area (Å²) in [5, 5.41) is 2.30. The van der Waals surface area contributed by atoms with E-state index in [4.69, 9.17) is 5.73 Å². The molecule has 0 saturated carbocycles. The van der Waals surface area contributed by atoms with E-state index in [0.29, 0.717) is 18.0 Å². The van der Waals surface area contributed by atoms with Crippen molar-refractivity contribution in [3.8, 4) is 0 Å². The van der Waals surface area contributed by atoms with Gasteiger partial charge in [-0.15, -0.1) is 0 Å². The zero-order valence-electron chi connectivity index (χ0n) is 16.3. The lowest BCUT2D eigenvalue weighted by atomic mass is 9.99. The molecule has 0 fully saturated rings. The Balaban J connectivity index is 1.99. The lowest BCUT2D eigenvalue weighted by Crippen LogP contribution is -2.31. The largest absolute Gasteiger partial charge is 0.350 e. The van der Waals surface area contributed by atoms with Crippen LogP contribution < -0.4 is 11.1 Å². The van der Waals surface area contributed by atoms with Crippen LogP contribution in [-0.2, 0) is 9.84 Å². The Morgan fingerprint density at radius 1 is 0.926 bits per heavy atom. The molecule has 0 aromatic heterocycles. The minimum Gasteiger partial charge on any atom is -0.350 e. The van der Waals surface area contributed by atoms with Crippen molar-refractivity contribution < 1.29 is 13.2 Å². The fraction of sp³-hybridized carbons (Fsp3) is 0.381. The van der Waals surface area contributed by atoms with Crippen LogP contribution in [0.4, 0.5) is 0 Å². The molecule has 2 aromatic rings. The van der Waals surface area contributed by atoms with Crippen LogP contribution in [0.3, 0.4) is 0 Å². The number of carbonyl (C=O) groups is 1. The molecule has 2 rings (SSSR count). The quantitative estimate of drug-likeness (QED) is 0.760. The third-order valence-corrected chi connectivity index (χ3v) is 6.75. The van der Waals surface area contributed by atoms with Gasteiger partial charge < -0.3 is 11.1 Å². The topological polar surface area (TPSA) is 89.3 Å². The molecule has 0 aliphatic heterocycles. The minimum atomic E-state index is -3.34. The summed E-state index contributed by atoms with van der Waals surface area (Å²) < 4.78 is 24.3. The molecule has 1 atom stereocenters. The first-order valence-electron chi connectivity index (χ1n) is 9.10. The van der Waals surface area contributed by atoms with E-state index in [1.165, 1.54) is 29.8 Å². The molecule has 27 heavy (non-hydrogen) atoms. The predicted octanol–water partition coefficient (Wildman–Crippen LogP) is 3.42. The van der Waals surface area contributed by atoms with E-state index in [2.05, 4.69) is 31.3 Å². The Kier molecular flexibility index (Phi) is 6.78. The van der Waals surface area contributed by atoms with E-state index in [0.717, 1.165) is 5.56 Å². The summed E-state index contributed by atoms with van der Waals surface area (Å²) in [6, 6.07) is 13.7. The summed E-state index contributed by atoms with van der Waals surface area (Å²) in [7, 11) is -3.34. The van der Waals surface area contributed by atoms with Crippen molar-refractivity contribution in [3.05, 3.63) is 65.2 Å². The Labute approximate surface area is 161 Å². The van der Waals surface area contributed by atoms with E-state index < -0.39 is 15.1 Å². The molecule has 5 nitrogen and oxygen atoms in total. The fourth-order valence-corrected chi connectivity index (χ4v) is 3.68. The van der Waals surface area contributed by atoms with Gasteiger partial charge in [0.1, 0.15) is 0 Å². The predicted molar refractivity (Wildman–Crippen MR) is 109 cm³/mol. The maximum atomic E-state index is 12.3. The molecule has 0 bridgehead atoms. The van der Waals surface area contributed by atoms with Crippen molar-refractivity contribution in [3.63, 3.8) is 0 Å². The van der Waals surface area contributed by atoms with E-state index in [9.17, 15) is 13.2 Å². The van der Waals surface area contributed by atoms with Gasteiger partial charge in [0.2, 0.25) is 0 Å². The van der Waals surface area contributed by atoms with Crippen LogP contribution in [0.2, 0.25) is 0 Å². The summed E-state index contributed by atoms with van der Waals surface area (Å²) in [6.07, 6.45) is 0. The van der Waals surface area contributed by atoms with Crippen molar-refractivity contribution >= 4 is 15.7 Å². The second-order valence-corrected chi connectivity index (χ2v) is 9.76. The summed E-state index contributed by atoms with van der Waals surface area (Å²) in [5.74, 6) is 0.176. The molecule has 0 radical (unpaired) electrons. The van der Waals surface area contributed by atoms with Gasteiger partial charge in [-0.3, -0.25) is 4.79 Å². The zero-order valence-corrected chi connectivity index (χ0v) is 17.1. The van der Waals surface area contributed by atoms with Gasteiger partial charge in [0.05, 0.1) is 10.1 Å². The zero-order chi connectivity index (χ0) is 20.2. The Bertz CT molecular complexity index is 871. The molecule has 3 N–H and O–H groups in total. The van der Waals surface area contributed by atoms with Gasteiger partial charge in [-0.2, -0.15) is 0 Å². The van der Waals surface area contributed by atoms with Crippen molar-refractivity contribution in [1.82, 2.24) is 5.32 Å². The number of hydrogen-bond donors (Lipinski definition) is 2. The molecule has 6 heteroatoms. The van der Waals surface area contributed by atoms with Gasteiger partial charge in [0, 0.05) is 18.2 Å². The number of nitrogens with two attached hydrogens (primary N) is 1. The van der Waals surface area contributed by atoms with Gasteiger partial charge in [-0.25, -0.2) is 8.42 Å². The van der Waals surface area contributed by atoms with Gasteiger partial charge in [0.25, 0.3) is 5.91 Å². The van der Waals surface area contributed by atoms with Gasteiger partial charge in [0.15, 0.2) is 9.84 Å². The molecule has 2 aromatic carbocycles. The third kappa shape index (κ3) is 5.17. The molecule has 0 spiro atoms. The maximum absolute atomic E-state index is 12.3. The van der Waals surface area contributed by atoms with Crippen LogP contribution in [0.1, 0.15) is 61.1 Å². The van der Waals surface area contributed by atoms with Gasteiger partial charge in [-0.05, 0) is 55.2 Å². The maximum Gasteiger partial charge on any atom is 0.251 e. The Morgan fingerprint density at radius 2 is 1.44 bits per heavy atom. The average molecular weight is 389 g/mol. The van der Waals surface area contributed by atoms with Crippen LogP contribution in [0.5, 0.6) is 0 Å². The third-order valence-electron chi connectivity index (χ3n) is 4.58. The molecule has 0 saturated heterocycles. The molecular weight excluding hydrogens is 360 g/mol. The molecule has 146 valence electrons. The van der Waals surface area contributed by atoms with Crippen molar-refractivity contribution in [1.29, 1.82) is 0 Å². The van der Waals surface area contributed by atoms with Crippen molar-refractivity contribution in [2.24, 2.45) is 5.73 Å². The van der Waals surface area contributed by atoms with Crippen LogP contribution in [0.25, 0.3) is 0 Å². The summed E-state index contributed by atoms with van der Waals surface area (Å²) in [6.45, 7) is 7.82. The van der Waals surface area contributed by atoms with Crippen LogP contribution in [0.15, 0.2) is 53.4 Å². The molecule has 1 amide bonds. The van der Waals surface area contributed by atoms with E-state index >= 15 is 0 Å². The Morgan fingerprint density at radius 3 is 1.93 bits per heavy atom. The molecule has 1 unspecified atom stereocenters. The number of carbonyl (C=O) groups excluding carboxylic acids is 1. The van der Waals surface area contributed by atoms with Crippen molar-refractivity contribution in [2.75, 3.05) is 6.54 Å². The lowest BCUT2D eigenvalue weighted by molar-refractivity contribution is 0.0951. The number of nitrogens with one attached hydrogen (secondary N) is 1. The number of rotatable bonds is 7. The van der Waals surface area contributed by atoms with Crippen molar-refractivity contribution in [2.45, 2.75) is 49.8 Å². The standard InChI is InChI=1S/C21H28N2O3S/c1-14(2)16-5-7-17(8-6-16)20(22)13-23-21(24)18-9-11-19(12-10-18)27(25,26)15(3)4/h5-12,14-15,20H,13,22H2,1-4H3,(H,23,24). The highest BCUT2D eigenvalue weighted by atomic mass is 32.2. The van der Waals surface area contributed by atoms with Gasteiger partial charge >= 0.3 is 0 Å². The first-order chi connectivity index (χ1) is 12.6. The smallest absolute Gasteiger partial charge is 0.251 e. The SMILES string of the molecule is CC(C)c1ccc(C(N)CNC(=O)c2ccc(S(=O)(=O)C(C)C)cc2)cc1. The van der Waals surface area contributed by atoms with Gasteiger partial charge in [-0.1, -0.05) is 38.1 Å². The number of hydrogen-bond acceptors (Lipinski definition) is 4. The first-order valence-corrected chi connectivity index (χ1v) is 10.6. The second kappa shape index (κ2) is 8.67. The van der Waals surface area contributed by atoms with E-state index in [1.807, 2.05) is 12.1 Å². The monoisotopic (exact) mass is 388 g/mol.